The maximum absolute atomic E-state index is 5.91. The van der Waals surface area contributed by atoms with Gasteiger partial charge in [-0.15, -0.1) is 0 Å². The molecule has 1 N–H and O–H groups in total. The summed E-state index contributed by atoms with van der Waals surface area (Å²) < 4.78 is 5.26. The van der Waals surface area contributed by atoms with Gasteiger partial charge in [0.05, 0.1) is 0 Å². The standard InChI is InChI=1S/C12H18ClNO/c1-3-15-8-4-7-14-12-9-11(13)6-5-10(12)2/h5-6,9,14H,3-4,7-8H2,1-2H3. The molecule has 1 aromatic rings. The molecule has 0 heterocycles. The van der Waals surface area contributed by atoms with Gasteiger partial charge in [0.1, 0.15) is 0 Å². The minimum absolute atomic E-state index is 0.771. The summed E-state index contributed by atoms with van der Waals surface area (Å²) in [4.78, 5) is 0. The molecule has 0 aromatic heterocycles. The Bertz CT molecular complexity index is 302. The van der Waals surface area contributed by atoms with E-state index < -0.39 is 0 Å². The summed E-state index contributed by atoms with van der Waals surface area (Å²) in [5.74, 6) is 0. The van der Waals surface area contributed by atoms with E-state index >= 15 is 0 Å². The number of nitrogens with one attached hydrogen (secondary N) is 1. The second-order valence-corrected chi connectivity index (χ2v) is 3.87. The maximum Gasteiger partial charge on any atom is 0.0482 e. The fraction of sp³-hybridized carbons (Fsp3) is 0.500. The van der Waals surface area contributed by atoms with Crippen LogP contribution in [0.4, 0.5) is 5.69 Å². The number of hydrogen-bond donors (Lipinski definition) is 1. The molecular formula is C12H18ClNO. The molecule has 0 aliphatic rings. The molecule has 0 aliphatic heterocycles. The largest absolute Gasteiger partial charge is 0.385 e. The zero-order valence-electron chi connectivity index (χ0n) is 9.35. The van der Waals surface area contributed by atoms with Gasteiger partial charge < -0.3 is 10.1 Å². The van der Waals surface area contributed by atoms with Crippen molar-refractivity contribution in [3.63, 3.8) is 0 Å². The molecule has 0 bridgehead atoms. The van der Waals surface area contributed by atoms with E-state index in [1.165, 1.54) is 5.56 Å². The summed E-state index contributed by atoms with van der Waals surface area (Å²) in [5.41, 5.74) is 2.33. The van der Waals surface area contributed by atoms with Crippen molar-refractivity contribution in [1.29, 1.82) is 0 Å². The Hall–Kier alpha value is -0.730. The molecule has 0 unspecified atom stereocenters. The van der Waals surface area contributed by atoms with Crippen molar-refractivity contribution < 1.29 is 4.74 Å². The van der Waals surface area contributed by atoms with Crippen molar-refractivity contribution >= 4 is 17.3 Å². The molecule has 0 radical (unpaired) electrons. The highest BCUT2D eigenvalue weighted by atomic mass is 35.5. The summed E-state index contributed by atoms with van der Waals surface area (Å²) in [6.07, 6.45) is 1.01. The van der Waals surface area contributed by atoms with Crippen LogP contribution in [0.1, 0.15) is 18.9 Å². The third kappa shape index (κ3) is 4.54. The zero-order valence-corrected chi connectivity index (χ0v) is 10.1. The van der Waals surface area contributed by atoms with Crippen molar-refractivity contribution in [2.24, 2.45) is 0 Å². The van der Waals surface area contributed by atoms with Crippen LogP contribution >= 0.6 is 11.6 Å². The first kappa shape index (κ1) is 12.3. The number of halogens is 1. The van der Waals surface area contributed by atoms with E-state index in [-0.39, 0.29) is 0 Å². The third-order valence-electron chi connectivity index (χ3n) is 2.18. The topological polar surface area (TPSA) is 21.3 Å². The summed E-state index contributed by atoms with van der Waals surface area (Å²) in [7, 11) is 0. The molecule has 0 spiro atoms. The van der Waals surface area contributed by atoms with Crippen LogP contribution in [0.3, 0.4) is 0 Å². The van der Waals surface area contributed by atoms with Crippen molar-refractivity contribution in [2.75, 3.05) is 25.1 Å². The highest BCUT2D eigenvalue weighted by molar-refractivity contribution is 6.30. The van der Waals surface area contributed by atoms with E-state index in [2.05, 4.69) is 12.2 Å². The molecule has 0 saturated heterocycles. The Labute approximate surface area is 96.6 Å². The molecule has 15 heavy (non-hydrogen) atoms. The van der Waals surface area contributed by atoms with Gasteiger partial charge in [0.25, 0.3) is 0 Å². The van der Waals surface area contributed by atoms with Crippen molar-refractivity contribution in [1.82, 2.24) is 0 Å². The van der Waals surface area contributed by atoms with Gasteiger partial charge in [0, 0.05) is 30.5 Å². The minimum atomic E-state index is 0.771. The summed E-state index contributed by atoms with van der Waals surface area (Å²) >= 11 is 5.91. The van der Waals surface area contributed by atoms with Gasteiger partial charge in [0.2, 0.25) is 0 Å². The fourth-order valence-corrected chi connectivity index (χ4v) is 1.50. The van der Waals surface area contributed by atoms with Crippen LogP contribution in [0, 0.1) is 6.92 Å². The number of aryl methyl sites for hydroxylation is 1. The van der Waals surface area contributed by atoms with Crippen LogP contribution in [0.2, 0.25) is 5.02 Å². The Balaban J connectivity index is 2.33. The van der Waals surface area contributed by atoms with Gasteiger partial charge in [-0.05, 0) is 38.0 Å². The minimum Gasteiger partial charge on any atom is -0.385 e. The molecule has 1 aromatic carbocycles. The van der Waals surface area contributed by atoms with Crippen LogP contribution in [-0.4, -0.2) is 19.8 Å². The number of anilines is 1. The molecule has 3 heteroatoms. The van der Waals surface area contributed by atoms with Gasteiger partial charge in [-0.3, -0.25) is 0 Å². The Morgan fingerprint density at radius 3 is 2.93 bits per heavy atom. The first-order valence-corrected chi connectivity index (χ1v) is 5.69. The Kier molecular flexibility index (Phi) is 5.51. The van der Waals surface area contributed by atoms with E-state index in [9.17, 15) is 0 Å². The molecule has 84 valence electrons. The lowest BCUT2D eigenvalue weighted by Crippen LogP contribution is -2.06. The van der Waals surface area contributed by atoms with E-state index in [1.54, 1.807) is 0 Å². The molecule has 0 amide bonds. The first-order valence-electron chi connectivity index (χ1n) is 5.32. The molecule has 0 aliphatic carbocycles. The lowest BCUT2D eigenvalue weighted by atomic mass is 10.2. The SMILES string of the molecule is CCOCCCNc1cc(Cl)ccc1C. The van der Waals surface area contributed by atoms with Crippen LogP contribution < -0.4 is 5.32 Å². The normalized spacial score (nSPS) is 10.3. The molecule has 0 saturated carbocycles. The van der Waals surface area contributed by atoms with Crippen LogP contribution in [0.15, 0.2) is 18.2 Å². The lowest BCUT2D eigenvalue weighted by Gasteiger charge is -2.09. The third-order valence-corrected chi connectivity index (χ3v) is 2.42. The molecule has 1 rings (SSSR count). The van der Waals surface area contributed by atoms with Crippen LogP contribution in [0.25, 0.3) is 0 Å². The average Bonchev–Trinajstić information content (AvgIpc) is 2.23. The molecule has 0 fully saturated rings. The number of ether oxygens (including phenoxy) is 1. The molecular weight excluding hydrogens is 210 g/mol. The summed E-state index contributed by atoms with van der Waals surface area (Å²) in [6, 6.07) is 5.88. The summed E-state index contributed by atoms with van der Waals surface area (Å²) in [6.45, 7) is 6.59. The Morgan fingerprint density at radius 2 is 2.20 bits per heavy atom. The zero-order chi connectivity index (χ0) is 11.1. The van der Waals surface area contributed by atoms with Gasteiger partial charge in [-0.1, -0.05) is 17.7 Å². The van der Waals surface area contributed by atoms with E-state index in [4.69, 9.17) is 16.3 Å². The maximum atomic E-state index is 5.91. The molecule has 2 nitrogen and oxygen atoms in total. The predicted molar refractivity (Wildman–Crippen MR) is 65.8 cm³/mol. The van der Waals surface area contributed by atoms with Gasteiger partial charge in [0.15, 0.2) is 0 Å². The van der Waals surface area contributed by atoms with Crippen molar-refractivity contribution in [2.45, 2.75) is 20.3 Å². The predicted octanol–water partition coefficient (Wildman–Crippen LogP) is 3.49. The summed E-state index contributed by atoms with van der Waals surface area (Å²) in [5, 5.41) is 4.12. The van der Waals surface area contributed by atoms with Gasteiger partial charge in [-0.2, -0.15) is 0 Å². The van der Waals surface area contributed by atoms with Crippen molar-refractivity contribution in [3.8, 4) is 0 Å². The second kappa shape index (κ2) is 6.70. The van der Waals surface area contributed by atoms with Crippen LogP contribution in [0.5, 0.6) is 0 Å². The van der Waals surface area contributed by atoms with E-state index in [0.29, 0.717) is 0 Å². The van der Waals surface area contributed by atoms with Crippen LogP contribution in [-0.2, 0) is 4.74 Å². The van der Waals surface area contributed by atoms with Gasteiger partial charge in [-0.25, -0.2) is 0 Å². The van der Waals surface area contributed by atoms with E-state index in [1.807, 2.05) is 25.1 Å². The lowest BCUT2D eigenvalue weighted by molar-refractivity contribution is 0.147. The molecule has 0 atom stereocenters. The number of benzene rings is 1. The highest BCUT2D eigenvalue weighted by Crippen LogP contribution is 2.19. The smallest absolute Gasteiger partial charge is 0.0482 e. The Morgan fingerprint density at radius 1 is 1.40 bits per heavy atom. The first-order chi connectivity index (χ1) is 7.24. The van der Waals surface area contributed by atoms with Gasteiger partial charge >= 0.3 is 0 Å². The average molecular weight is 228 g/mol. The number of hydrogen-bond acceptors (Lipinski definition) is 2. The second-order valence-electron chi connectivity index (χ2n) is 3.44. The monoisotopic (exact) mass is 227 g/mol. The van der Waals surface area contributed by atoms with E-state index in [0.717, 1.165) is 36.9 Å². The quantitative estimate of drug-likeness (QED) is 0.752. The number of rotatable bonds is 6. The van der Waals surface area contributed by atoms with Crippen molar-refractivity contribution in [3.05, 3.63) is 28.8 Å². The highest BCUT2D eigenvalue weighted by Gasteiger charge is 1.98. The fourth-order valence-electron chi connectivity index (χ4n) is 1.33.